The average Bonchev–Trinajstić information content (AvgIpc) is 3.70. The number of aliphatic hydroxyl groups excluding tert-OH is 1. The van der Waals surface area contributed by atoms with Crippen LogP contribution in [0.5, 0.6) is 0 Å². The predicted molar refractivity (Wildman–Crippen MR) is 388 cm³/mol. The molecule has 3 N–H and O–H groups in total. The van der Waals surface area contributed by atoms with Crippen molar-refractivity contribution in [2.24, 2.45) is 0 Å². The zero-order chi connectivity index (χ0) is 64.1. The summed E-state index contributed by atoms with van der Waals surface area (Å²) in [6, 6.07) is -0.759. The van der Waals surface area contributed by atoms with Crippen LogP contribution in [0.1, 0.15) is 438 Å². The number of allylic oxidation sites excluding steroid dienone is 2. The van der Waals surface area contributed by atoms with Crippen molar-refractivity contribution in [3.63, 3.8) is 0 Å². The lowest BCUT2D eigenvalue weighted by Crippen LogP contribution is -2.46. The van der Waals surface area contributed by atoms with Crippen molar-refractivity contribution in [1.29, 1.82) is 0 Å². The molecule has 0 saturated carbocycles. The molecule has 88 heavy (non-hydrogen) atoms. The number of amides is 1. The predicted octanol–water partition coefficient (Wildman–Crippen LogP) is 26.0. The Kier molecular flexibility index (Phi) is 69.9. The van der Waals surface area contributed by atoms with Gasteiger partial charge in [-0.3, -0.25) is 13.8 Å². The van der Waals surface area contributed by atoms with Crippen molar-refractivity contribution in [3.8, 4) is 0 Å². The molecule has 1 amide bonds. The molecule has 0 aliphatic rings. The summed E-state index contributed by atoms with van der Waals surface area (Å²) in [6.07, 6.45) is 92.2. The molecule has 0 saturated heterocycles. The van der Waals surface area contributed by atoms with Gasteiger partial charge in [0.25, 0.3) is 0 Å². The molecular weight excluding hydrogens is 1100 g/mol. The number of phosphoric ester groups is 1. The minimum absolute atomic E-state index is 0.0789. The van der Waals surface area contributed by atoms with Gasteiger partial charge in [-0.05, 0) is 38.5 Å². The Morgan fingerprint density at radius 3 is 0.875 bits per heavy atom. The average molecular weight is 1270 g/mol. The third kappa shape index (κ3) is 72.7. The van der Waals surface area contributed by atoms with Crippen LogP contribution in [-0.4, -0.2) is 73.4 Å². The third-order valence-corrected chi connectivity index (χ3v) is 20.0. The number of aliphatic hydroxyl groups is 1. The minimum Gasteiger partial charge on any atom is -0.391 e. The first-order valence-corrected chi connectivity index (χ1v) is 41.5. The smallest absolute Gasteiger partial charge is 0.391 e. The number of nitrogens with one attached hydrogen (secondary N) is 1. The van der Waals surface area contributed by atoms with E-state index in [1.807, 2.05) is 21.1 Å². The summed E-state index contributed by atoms with van der Waals surface area (Å²) in [7, 11) is 1.64. The fraction of sp³-hybridized carbons (Fsp3) is 0.962. The maximum atomic E-state index is 13.1. The van der Waals surface area contributed by atoms with E-state index in [-0.39, 0.29) is 19.1 Å². The zero-order valence-electron chi connectivity index (χ0n) is 60.5. The molecule has 0 aromatic carbocycles. The fourth-order valence-electron chi connectivity index (χ4n) is 12.8. The van der Waals surface area contributed by atoms with Gasteiger partial charge in [-0.15, -0.1) is 0 Å². The van der Waals surface area contributed by atoms with E-state index in [0.717, 1.165) is 38.5 Å². The molecule has 3 unspecified atom stereocenters. The Labute approximate surface area is 552 Å². The van der Waals surface area contributed by atoms with Crippen molar-refractivity contribution in [1.82, 2.24) is 5.32 Å². The molecule has 8 nitrogen and oxygen atoms in total. The Hall–Kier alpha value is -0.760. The molecule has 0 heterocycles. The summed E-state index contributed by atoms with van der Waals surface area (Å²) in [5.74, 6) is -0.132. The molecular formula is C79H160N2O6P+. The van der Waals surface area contributed by atoms with Gasteiger partial charge in [-0.2, -0.15) is 0 Å². The lowest BCUT2D eigenvalue weighted by Gasteiger charge is -2.26. The fourth-order valence-corrected chi connectivity index (χ4v) is 13.6. The second kappa shape index (κ2) is 70.6. The van der Waals surface area contributed by atoms with Gasteiger partial charge in [-0.25, -0.2) is 4.57 Å². The number of hydrogen-bond acceptors (Lipinski definition) is 5. The van der Waals surface area contributed by atoms with Gasteiger partial charge in [0.15, 0.2) is 0 Å². The highest BCUT2D eigenvalue weighted by atomic mass is 31.2. The van der Waals surface area contributed by atoms with Gasteiger partial charge < -0.3 is 19.8 Å². The topological polar surface area (TPSA) is 105 Å². The standard InChI is InChI=1S/C79H159N2O6P/c1-6-8-10-12-14-16-18-20-22-24-26-28-30-32-34-36-37-38-39-40-41-42-43-45-47-49-51-53-55-57-59-61-63-65-67-69-71-73-79(83)80-77(76-87-88(84,85)86-75-74-81(3,4)5)78(82)72-70-68-66-64-62-60-58-56-54-52-50-48-46-44-35-33-31-29-27-25-23-21-19-17-15-13-11-9-7-2/h24,26,77-78,82H,6-23,25,27-76H2,1-5H3,(H-,80,83,84,85)/p+1/b26-24-. The highest BCUT2D eigenvalue weighted by Crippen LogP contribution is 2.43. The van der Waals surface area contributed by atoms with Crippen molar-refractivity contribution < 1.29 is 32.9 Å². The molecule has 526 valence electrons. The van der Waals surface area contributed by atoms with Crippen LogP contribution in [0.25, 0.3) is 0 Å². The zero-order valence-corrected chi connectivity index (χ0v) is 61.4. The van der Waals surface area contributed by atoms with Crippen molar-refractivity contribution in [2.45, 2.75) is 450 Å². The van der Waals surface area contributed by atoms with Crippen LogP contribution in [0, 0.1) is 0 Å². The van der Waals surface area contributed by atoms with Crippen molar-refractivity contribution in [2.75, 3.05) is 40.9 Å². The summed E-state index contributed by atoms with van der Waals surface area (Å²) < 4.78 is 24.0. The highest BCUT2D eigenvalue weighted by molar-refractivity contribution is 7.47. The van der Waals surface area contributed by atoms with E-state index in [2.05, 4.69) is 31.3 Å². The molecule has 0 spiro atoms. The quantitative estimate of drug-likeness (QED) is 0.0243. The maximum absolute atomic E-state index is 13.1. The van der Waals surface area contributed by atoms with Crippen LogP contribution in [0.3, 0.4) is 0 Å². The van der Waals surface area contributed by atoms with Gasteiger partial charge in [-0.1, -0.05) is 405 Å². The van der Waals surface area contributed by atoms with Crippen LogP contribution < -0.4 is 5.32 Å². The molecule has 3 atom stereocenters. The first-order chi connectivity index (χ1) is 43.0. The Balaban J connectivity index is 3.89. The number of rotatable bonds is 76. The number of likely N-dealkylation sites (N-methyl/N-ethyl adjacent to an activating group) is 1. The van der Waals surface area contributed by atoms with Gasteiger partial charge in [0.1, 0.15) is 13.2 Å². The Morgan fingerprint density at radius 1 is 0.375 bits per heavy atom. The lowest BCUT2D eigenvalue weighted by molar-refractivity contribution is -0.870. The summed E-state index contributed by atoms with van der Waals surface area (Å²) in [5, 5.41) is 14.2. The molecule has 0 aromatic heterocycles. The highest BCUT2D eigenvalue weighted by Gasteiger charge is 2.28. The molecule has 9 heteroatoms. The van der Waals surface area contributed by atoms with Crippen LogP contribution in [-0.2, 0) is 18.4 Å². The molecule has 0 aliphatic heterocycles. The van der Waals surface area contributed by atoms with E-state index in [1.54, 1.807) is 0 Å². The van der Waals surface area contributed by atoms with Gasteiger partial charge in [0, 0.05) is 6.42 Å². The second-order valence-corrected chi connectivity index (χ2v) is 30.6. The van der Waals surface area contributed by atoms with Crippen molar-refractivity contribution >= 4 is 13.7 Å². The molecule has 0 aromatic rings. The summed E-state index contributed by atoms with van der Waals surface area (Å²) >= 11 is 0. The van der Waals surface area contributed by atoms with Crippen LogP contribution in [0.2, 0.25) is 0 Å². The van der Waals surface area contributed by atoms with Crippen LogP contribution >= 0.6 is 7.82 Å². The summed E-state index contributed by atoms with van der Waals surface area (Å²) in [5.41, 5.74) is 0. The number of phosphoric acid groups is 1. The van der Waals surface area contributed by atoms with E-state index < -0.39 is 20.0 Å². The molecule has 0 fully saturated rings. The number of quaternary nitrogens is 1. The first-order valence-electron chi connectivity index (χ1n) is 40.1. The van der Waals surface area contributed by atoms with Crippen molar-refractivity contribution in [3.05, 3.63) is 12.2 Å². The molecule has 0 aliphatic carbocycles. The Bertz CT molecular complexity index is 1440. The van der Waals surface area contributed by atoms with E-state index in [4.69, 9.17) is 9.05 Å². The number of carbonyl (C=O) groups excluding carboxylic acids is 1. The lowest BCUT2D eigenvalue weighted by atomic mass is 10.0. The number of carbonyl (C=O) groups is 1. The van der Waals surface area contributed by atoms with E-state index in [0.29, 0.717) is 23.9 Å². The molecule has 0 radical (unpaired) electrons. The van der Waals surface area contributed by atoms with E-state index in [9.17, 15) is 19.4 Å². The number of unbranched alkanes of at least 4 members (excludes halogenated alkanes) is 61. The first kappa shape index (κ1) is 87.2. The third-order valence-electron chi connectivity index (χ3n) is 19.0. The normalized spacial score (nSPS) is 13.5. The summed E-state index contributed by atoms with van der Waals surface area (Å²) in [6.45, 7) is 4.97. The summed E-state index contributed by atoms with van der Waals surface area (Å²) in [4.78, 5) is 23.5. The van der Waals surface area contributed by atoms with E-state index >= 15 is 0 Å². The largest absolute Gasteiger partial charge is 0.472 e. The second-order valence-electron chi connectivity index (χ2n) is 29.2. The maximum Gasteiger partial charge on any atom is 0.472 e. The molecule has 0 rings (SSSR count). The van der Waals surface area contributed by atoms with Gasteiger partial charge in [0.2, 0.25) is 5.91 Å². The monoisotopic (exact) mass is 1260 g/mol. The number of hydrogen-bond donors (Lipinski definition) is 3. The van der Waals surface area contributed by atoms with Crippen LogP contribution in [0.15, 0.2) is 12.2 Å². The number of nitrogens with zero attached hydrogens (tertiary/aromatic N) is 1. The minimum atomic E-state index is -4.33. The van der Waals surface area contributed by atoms with Gasteiger partial charge >= 0.3 is 7.82 Å². The van der Waals surface area contributed by atoms with E-state index in [1.165, 1.54) is 372 Å². The Morgan fingerprint density at radius 2 is 0.614 bits per heavy atom. The van der Waals surface area contributed by atoms with Crippen LogP contribution in [0.4, 0.5) is 0 Å². The van der Waals surface area contributed by atoms with Gasteiger partial charge in [0.05, 0.1) is 39.9 Å². The SMILES string of the molecule is CCCCCCCCCC/C=C\CCCCCCCCCCCCCCCCCCCCCCCCCCCC(=O)NC(COP(=O)(O)OCC[N+](C)(C)C)C(O)CCCCCCCCCCCCCCCCCCCCCCCCCCCCCCC. The molecule has 0 bridgehead atoms.